The summed E-state index contributed by atoms with van der Waals surface area (Å²) in [5.41, 5.74) is 1.71. The summed E-state index contributed by atoms with van der Waals surface area (Å²) in [5, 5.41) is 2.28. The topological polar surface area (TPSA) is 13.1 Å². The number of furan rings is 1. The predicted octanol–water partition coefficient (Wildman–Crippen LogP) is 5.41. The van der Waals surface area contributed by atoms with Crippen molar-refractivity contribution in [2.75, 3.05) is 0 Å². The van der Waals surface area contributed by atoms with Crippen LogP contribution in [0.5, 0.6) is 0 Å². The Balaban J connectivity index is 2.20. The number of hydrogen-bond acceptors (Lipinski definition) is 1. The van der Waals surface area contributed by atoms with Crippen molar-refractivity contribution >= 4 is 34.2 Å². The van der Waals surface area contributed by atoms with Crippen molar-refractivity contribution in [3.8, 4) is 11.3 Å². The number of halogens is 2. The van der Waals surface area contributed by atoms with Crippen molar-refractivity contribution < 1.29 is 4.42 Å². The highest BCUT2D eigenvalue weighted by molar-refractivity contribution is 6.36. The van der Waals surface area contributed by atoms with Gasteiger partial charge >= 0.3 is 0 Å². The van der Waals surface area contributed by atoms with Crippen LogP contribution in [0.2, 0.25) is 10.0 Å². The van der Waals surface area contributed by atoms with Gasteiger partial charge in [-0.25, -0.2) is 0 Å². The van der Waals surface area contributed by atoms with E-state index in [0.717, 1.165) is 22.3 Å². The van der Waals surface area contributed by atoms with Crippen LogP contribution in [0.25, 0.3) is 22.3 Å². The van der Waals surface area contributed by atoms with Crippen LogP contribution in [0.1, 0.15) is 0 Å². The van der Waals surface area contributed by atoms with E-state index in [-0.39, 0.29) is 0 Å². The van der Waals surface area contributed by atoms with Crippen LogP contribution in [0.3, 0.4) is 0 Å². The van der Waals surface area contributed by atoms with Crippen LogP contribution in [0.15, 0.2) is 52.9 Å². The number of rotatable bonds is 1. The highest BCUT2D eigenvalue weighted by Crippen LogP contribution is 2.33. The summed E-state index contributed by atoms with van der Waals surface area (Å²) in [7, 11) is 0. The molecular formula is C14H8Cl2O. The average molecular weight is 263 g/mol. The van der Waals surface area contributed by atoms with E-state index in [4.69, 9.17) is 27.6 Å². The monoisotopic (exact) mass is 262 g/mol. The van der Waals surface area contributed by atoms with E-state index < -0.39 is 0 Å². The van der Waals surface area contributed by atoms with Gasteiger partial charge in [-0.3, -0.25) is 0 Å². The SMILES string of the molecule is Clc1ccc(-c2cc3ccccc3o2)c(Cl)c1. The molecule has 0 fully saturated rings. The van der Waals surface area contributed by atoms with E-state index in [0.29, 0.717) is 10.0 Å². The van der Waals surface area contributed by atoms with Gasteiger partial charge in [-0.1, -0.05) is 41.4 Å². The maximum absolute atomic E-state index is 6.15. The van der Waals surface area contributed by atoms with Crippen LogP contribution >= 0.6 is 23.2 Å². The van der Waals surface area contributed by atoms with E-state index in [2.05, 4.69) is 0 Å². The van der Waals surface area contributed by atoms with Gasteiger partial charge in [-0.05, 0) is 30.3 Å². The van der Waals surface area contributed by atoms with Gasteiger partial charge in [0.05, 0.1) is 5.02 Å². The van der Waals surface area contributed by atoms with Crippen molar-refractivity contribution in [1.82, 2.24) is 0 Å². The molecule has 1 nitrogen and oxygen atoms in total. The van der Waals surface area contributed by atoms with Gasteiger partial charge in [0.25, 0.3) is 0 Å². The maximum Gasteiger partial charge on any atom is 0.136 e. The van der Waals surface area contributed by atoms with E-state index in [9.17, 15) is 0 Å². The third-order valence-electron chi connectivity index (χ3n) is 2.62. The molecule has 0 saturated heterocycles. The fraction of sp³-hybridized carbons (Fsp3) is 0. The summed E-state index contributed by atoms with van der Waals surface area (Å²) >= 11 is 12.0. The Hall–Kier alpha value is -1.44. The minimum absolute atomic E-state index is 0.594. The van der Waals surface area contributed by atoms with Gasteiger partial charge in [0.15, 0.2) is 0 Å². The van der Waals surface area contributed by atoms with Gasteiger partial charge in [0.2, 0.25) is 0 Å². The van der Waals surface area contributed by atoms with Crippen LogP contribution in [0, 0.1) is 0 Å². The molecule has 0 bridgehead atoms. The first kappa shape index (κ1) is 10.7. The quantitative estimate of drug-likeness (QED) is 0.572. The molecule has 0 spiro atoms. The Morgan fingerprint density at radius 2 is 1.71 bits per heavy atom. The highest BCUT2D eigenvalue weighted by atomic mass is 35.5. The first-order valence-corrected chi connectivity index (χ1v) is 5.93. The summed E-state index contributed by atoms with van der Waals surface area (Å²) < 4.78 is 5.75. The van der Waals surface area contributed by atoms with Crippen molar-refractivity contribution in [1.29, 1.82) is 0 Å². The molecule has 84 valence electrons. The molecule has 0 aliphatic rings. The minimum Gasteiger partial charge on any atom is -0.456 e. The number of hydrogen-bond donors (Lipinski definition) is 0. The van der Waals surface area contributed by atoms with Gasteiger partial charge in [0, 0.05) is 16.0 Å². The molecule has 2 aromatic carbocycles. The molecule has 0 saturated carbocycles. The Labute approximate surface area is 109 Å². The third-order valence-corrected chi connectivity index (χ3v) is 3.17. The molecule has 3 aromatic rings. The number of benzene rings is 2. The summed E-state index contributed by atoms with van der Waals surface area (Å²) in [6, 6.07) is 15.2. The predicted molar refractivity (Wildman–Crippen MR) is 71.7 cm³/mol. The summed E-state index contributed by atoms with van der Waals surface area (Å²) in [5.74, 6) is 0.757. The fourth-order valence-corrected chi connectivity index (χ4v) is 2.31. The Kier molecular flexibility index (Phi) is 2.58. The zero-order valence-corrected chi connectivity index (χ0v) is 10.3. The van der Waals surface area contributed by atoms with Crippen molar-refractivity contribution in [3.63, 3.8) is 0 Å². The largest absolute Gasteiger partial charge is 0.456 e. The molecule has 17 heavy (non-hydrogen) atoms. The lowest BCUT2D eigenvalue weighted by Gasteiger charge is -2.00. The van der Waals surface area contributed by atoms with Gasteiger partial charge < -0.3 is 4.42 Å². The second-order valence-corrected chi connectivity index (χ2v) is 4.62. The number of para-hydroxylation sites is 1. The Morgan fingerprint density at radius 1 is 0.882 bits per heavy atom. The average Bonchev–Trinajstić information content (AvgIpc) is 2.72. The molecule has 1 heterocycles. The normalized spacial score (nSPS) is 10.9. The lowest BCUT2D eigenvalue weighted by Crippen LogP contribution is -1.75. The van der Waals surface area contributed by atoms with Gasteiger partial charge in [-0.2, -0.15) is 0 Å². The Morgan fingerprint density at radius 3 is 2.47 bits per heavy atom. The third kappa shape index (κ3) is 1.92. The maximum atomic E-state index is 6.15. The van der Waals surface area contributed by atoms with Crippen molar-refractivity contribution in [3.05, 3.63) is 58.6 Å². The standard InChI is InChI=1S/C14H8Cl2O/c15-10-5-6-11(12(16)8-10)14-7-9-3-1-2-4-13(9)17-14/h1-8H. The van der Waals surface area contributed by atoms with Crippen LogP contribution in [0.4, 0.5) is 0 Å². The van der Waals surface area contributed by atoms with Gasteiger partial charge in [0.1, 0.15) is 11.3 Å². The summed E-state index contributed by atoms with van der Waals surface area (Å²) in [6.07, 6.45) is 0. The zero-order chi connectivity index (χ0) is 11.8. The van der Waals surface area contributed by atoms with E-state index >= 15 is 0 Å². The molecule has 0 amide bonds. The number of fused-ring (bicyclic) bond motifs is 1. The van der Waals surface area contributed by atoms with E-state index in [1.54, 1.807) is 12.1 Å². The van der Waals surface area contributed by atoms with E-state index in [1.807, 2.05) is 36.4 Å². The van der Waals surface area contributed by atoms with Crippen LogP contribution in [-0.4, -0.2) is 0 Å². The van der Waals surface area contributed by atoms with Crippen LogP contribution < -0.4 is 0 Å². The minimum atomic E-state index is 0.594. The lowest BCUT2D eigenvalue weighted by atomic mass is 10.1. The molecule has 0 unspecified atom stereocenters. The molecule has 0 aliphatic carbocycles. The first-order chi connectivity index (χ1) is 8.24. The van der Waals surface area contributed by atoms with Gasteiger partial charge in [-0.15, -0.1) is 0 Å². The summed E-state index contributed by atoms with van der Waals surface area (Å²) in [4.78, 5) is 0. The molecule has 0 radical (unpaired) electrons. The summed E-state index contributed by atoms with van der Waals surface area (Å²) in [6.45, 7) is 0. The van der Waals surface area contributed by atoms with Crippen molar-refractivity contribution in [2.24, 2.45) is 0 Å². The Bertz CT molecular complexity index is 653. The van der Waals surface area contributed by atoms with Crippen molar-refractivity contribution in [2.45, 2.75) is 0 Å². The molecule has 0 aliphatic heterocycles. The molecule has 3 heteroatoms. The smallest absolute Gasteiger partial charge is 0.136 e. The molecular weight excluding hydrogens is 255 g/mol. The second kappa shape index (κ2) is 4.10. The molecule has 3 rings (SSSR count). The molecule has 0 atom stereocenters. The second-order valence-electron chi connectivity index (χ2n) is 3.77. The zero-order valence-electron chi connectivity index (χ0n) is 8.78. The van der Waals surface area contributed by atoms with E-state index in [1.165, 1.54) is 0 Å². The molecule has 0 N–H and O–H groups in total. The highest BCUT2D eigenvalue weighted by Gasteiger charge is 2.09. The molecule has 1 aromatic heterocycles. The van der Waals surface area contributed by atoms with Crippen LogP contribution in [-0.2, 0) is 0 Å². The lowest BCUT2D eigenvalue weighted by molar-refractivity contribution is 0.631. The fourth-order valence-electron chi connectivity index (χ4n) is 1.80. The first-order valence-electron chi connectivity index (χ1n) is 5.18.